The van der Waals surface area contributed by atoms with Crippen molar-refractivity contribution in [3.05, 3.63) is 34.3 Å². The lowest BCUT2D eigenvalue weighted by Crippen LogP contribution is -2.61. The molecule has 1 N–H and O–H groups in total. The number of rotatable bonds is 2. The molecule has 1 atom stereocenters. The van der Waals surface area contributed by atoms with Crippen LogP contribution in [-0.4, -0.2) is 29.3 Å². The molecule has 0 saturated carbocycles. The summed E-state index contributed by atoms with van der Waals surface area (Å²) in [5.41, 5.74) is 0.731. The molecule has 20 heavy (non-hydrogen) atoms. The van der Waals surface area contributed by atoms with Gasteiger partial charge in [-0.15, -0.1) is 0 Å². The summed E-state index contributed by atoms with van der Waals surface area (Å²) in [6.45, 7) is 6.46. The fourth-order valence-corrected chi connectivity index (χ4v) is 2.50. The molecule has 5 heteroatoms. The van der Waals surface area contributed by atoms with Crippen molar-refractivity contribution in [1.29, 1.82) is 0 Å². The van der Waals surface area contributed by atoms with Crippen LogP contribution in [0, 0.1) is 5.41 Å². The van der Waals surface area contributed by atoms with E-state index < -0.39 is 6.04 Å². The molecule has 0 radical (unpaired) electrons. The molecule has 2 rings (SSSR count). The van der Waals surface area contributed by atoms with E-state index in [0.717, 1.165) is 10.0 Å². The van der Waals surface area contributed by atoms with E-state index in [1.54, 1.807) is 4.90 Å². The fourth-order valence-electron chi connectivity index (χ4n) is 2.23. The molecular weight excluding hydrogens is 320 g/mol. The Morgan fingerprint density at radius 2 is 1.85 bits per heavy atom. The first-order valence-corrected chi connectivity index (χ1v) is 7.39. The van der Waals surface area contributed by atoms with Gasteiger partial charge in [-0.1, -0.05) is 48.8 Å². The second-order valence-corrected chi connectivity index (χ2v) is 7.10. The second kappa shape index (κ2) is 5.56. The predicted octanol–water partition coefficient (Wildman–Crippen LogP) is 2.32. The molecule has 1 fully saturated rings. The fraction of sp³-hybridized carbons (Fsp3) is 0.467. The predicted molar refractivity (Wildman–Crippen MR) is 80.9 cm³/mol. The standard InChI is InChI=1S/C15H19BrN2O2/c1-15(2,3)13-14(20)18(9-12(19)17-13)8-10-4-6-11(16)7-5-10/h4-7,13H,8-9H2,1-3H3,(H,17,19). The van der Waals surface area contributed by atoms with Crippen molar-refractivity contribution in [2.24, 2.45) is 5.41 Å². The van der Waals surface area contributed by atoms with Crippen LogP contribution in [0.5, 0.6) is 0 Å². The highest BCUT2D eigenvalue weighted by atomic mass is 79.9. The zero-order chi connectivity index (χ0) is 14.9. The first-order chi connectivity index (χ1) is 9.27. The molecular formula is C15H19BrN2O2. The third kappa shape index (κ3) is 3.39. The summed E-state index contributed by atoms with van der Waals surface area (Å²) in [5, 5.41) is 2.79. The Morgan fingerprint density at radius 1 is 1.25 bits per heavy atom. The molecule has 1 aliphatic heterocycles. The Kier molecular flexibility index (Phi) is 4.18. The highest BCUT2D eigenvalue weighted by molar-refractivity contribution is 9.10. The maximum Gasteiger partial charge on any atom is 0.246 e. The van der Waals surface area contributed by atoms with Gasteiger partial charge in [0.05, 0.1) is 6.54 Å². The van der Waals surface area contributed by atoms with Crippen molar-refractivity contribution < 1.29 is 9.59 Å². The van der Waals surface area contributed by atoms with Gasteiger partial charge in [-0.2, -0.15) is 0 Å². The Balaban J connectivity index is 2.16. The van der Waals surface area contributed by atoms with Crippen LogP contribution in [0.4, 0.5) is 0 Å². The number of halogens is 1. The number of carbonyl (C=O) groups excluding carboxylic acids is 2. The quantitative estimate of drug-likeness (QED) is 0.899. The van der Waals surface area contributed by atoms with E-state index in [9.17, 15) is 9.59 Å². The zero-order valence-corrected chi connectivity index (χ0v) is 13.5. The lowest BCUT2D eigenvalue weighted by molar-refractivity contribution is -0.147. The summed E-state index contributed by atoms with van der Waals surface area (Å²) in [6, 6.07) is 7.32. The maximum absolute atomic E-state index is 12.5. The maximum atomic E-state index is 12.5. The molecule has 0 spiro atoms. The van der Waals surface area contributed by atoms with Gasteiger partial charge in [-0.05, 0) is 23.1 Å². The Labute approximate surface area is 127 Å². The van der Waals surface area contributed by atoms with Gasteiger partial charge in [-0.25, -0.2) is 0 Å². The van der Waals surface area contributed by atoms with Crippen molar-refractivity contribution in [1.82, 2.24) is 10.2 Å². The van der Waals surface area contributed by atoms with Crippen LogP contribution in [-0.2, 0) is 16.1 Å². The molecule has 1 saturated heterocycles. The number of nitrogens with one attached hydrogen (secondary N) is 1. The summed E-state index contributed by atoms with van der Waals surface area (Å²) < 4.78 is 0.997. The van der Waals surface area contributed by atoms with E-state index in [1.165, 1.54) is 0 Å². The highest BCUT2D eigenvalue weighted by Crippen LogP contribution is 2.24. The molecule has 1 aliphatic rings. The van der Waals surface area contributed by atoms with Crippen molar-refractivity contribution in [2.45, 2.75) is 33.4 Å². The highest BCUT2D eigenvalue weighted by Gasteiger charge is 2.39. The minimum Gasteiger partial charge on any atom is -0.342 e. The monoisotopic (exact) mass is 338 g/mol. The van der Waals surface area contributed by atoms with E-state index in [-0.39, 0.29) is 23.8 Å². The smallest absolute Gasteiger partial charge is 0.246 e. The number of nitrogens with zero attached hydrogens (tertiary/aromatic N) is 1. The first kappa shape index (κ1) is 15.0. The van der Waals surface area contributed by atoms with Crippen LogP contribution in [0.15, 0.2) is 28.7 Å². The van der Waals surface area contributed by atoms with Crippen molar-refractivity contribution in [3.8, 4) is 0 Å². The van der Waals surface area contributed by atoms with Gasteiger partial charge in [0.2, 0.25) is 11.8 Å². The van der Waals surface area contributed by atoms with Gasteiger partial charge < -0.3 is 10.2 Å². The van der Waals surface area contributed by atoms with E-state index in [4.69, 9.17) is 0 Å². The van der Waals surface area contributed by atoms with E-state index in [2.05, 4.69) is 21.2 Å². The second-order valence-electron chi connectivity index (χ2n) is 6.19. The molecule has 0 aliphatic carbocycles. The molecule has 4 nitrogen and oxygen atoms in total. The summed E-state index contributed by atoms with van der Waals surface area (Å²) in [5.74, 6) is -0.110. The number of hydrogen-bond donors (Lipinski definition) is 1. The lowest BCUT2D eigenvalue weighted by atomic mass is 9.84. The summed E-state index contributed by atoms with van der Waals surface area (Å²) >= 11 is 3.38. The molecule has 108 valence electrons. The number of piperazine rings is 1. The van der Waals surface area contributed by atoms with E-state index in [1.807, 2.05) is 45.0 Å². The third-order valence-corrected chi connectivity index (χ3v) is 3.88. The number of amides is 2. The van der Waals surface area contributed by atoms with E-state index in [0.29, 0.717) is 6.54 Å². The van der Waals surface area contributed by atoms with Crippen LogP contribution in [0.2, 0.25) is 0 Å². The molecule has 1 heterocycles. The van der Waals surface area contributed by atoms with Gasteiger partial charge >= 0.3 is 0 Å². The van der Waals surface area contributed by atoms with Crippen LogP contribution in [0.3, 0.4) is 0 Å². The zero-order valence-electron chi connectivity index (χ0n) is 11.9. The number of hydrogen-bond acceptors (Lipinski definition) is 2. The Bertz CT molecular complexity index is 520. The van der Waals surface area contributed by atoms with Gasteiger partial charge in [0, 0.05) is 11.0 Å². The van der Waals surface area contributed by atoms with Gasteiger partial charge in [0.25, 0.3) is 0 Å². The van der Waals surface area contributed by atoms with Crippen LogP contribution >= 0.6 is 15.9 Å². The van der Waals surface area contributed by atoms with Gasteiger partial charge in [0.1, 0.15) is 6.04 Å². The number of carbonyl (C=O) groups is 2. The van der Waals surface area contributed by atoms with E-state index >= 15 is 0 Å². The topological polar surface area (TPSA) is 49.4 Å². The SMILES string of the molecule is CC(C)(C)C1NC(=O)CN(Cc2ccc(Br)cc2)C1=O. The van der Waals surface area contributed by atoms with Crippen LogP contribution in [0.1, 0.15) is 26.3 Å². The minimum atomic E-state index is -0.459. The van der Waals surface area contributed by atoms with Crippen LogP contribution in [0.25, 0.3) is 0 Å². The normalized spacial score (nSPS) is 20.0. The van der Waals surface area contributed by atoms with Crippen molar-refractivity contribution >= 4 is 27.7 Å². The largest absolute Gasteiger partial charge is 0.342 e. The molecule has 1 aromatic rings. The van der Waals surface area contributed by atoms with Crippen LogP contribution < -0.4 is 5.32 Å². The van der Waals surface area contributed by atoms with Gasteiger partial charge in [0.15, 0.2) is 0 Å². The van der Waals surface area contributed by atoms with Crippen molar-refractivity contribution in [3.63, 3.8) is 0 Å². The number of benzene rings is 1. The minimum absolute atomic E-state index is 0.0139. The molecule has 0 bridgehead atoms. The first-order valence-electron chi connectivity index (χ1n) is 6.60. The average molecular weight is 339 g/mol. The Morgan fingerprint density at radius 3 is 2.40 bits per heavy atom. The summed E-state index contributed by atoms with van der Waals surface area (Å²) in [4.78, 5) is 25.9. The molecule has 1 unspecified atom stereocenters. The average Bonchev–Trinajstić information content (AvgIpc) is 2.35. The molecule has 0 aromatic heterocycles. The molecule has 1 aromatic carbocycles. The summed E-state index contributed by atoms with van der Waals surface area (Å²) in [7, 11) is 0. The molecule has 2 amide bonds. The lowest BCUT2D eigenvalue weighted by Gasteiger charge is -2.38. The Hall–Kier alpha value is -1.36. The van der Waals surface area contributed by atoms with Gasteiger partial charge in [-0.3, -0.25) is 9.59 Å². The third-order valence-electron chi connectivity index (χ3n) is 3.35. The summed E-state index contributed by atoms with van der Waals surface area (Å²) in [6.07, 6.45) is 0. The van der Waals surface area contributed by atoms with Crippen molar-refractivity contribution in [2.75, 3.05) is 6.54 Å².